The van der Waals surface area contributed by atoms with Gasteiger partial charge in [-0.05, 0) is 28.6 Å². The van der Waals surface area contributed by atoms with Gasteiger partial charge in [-0.3, -0.25) is 0 Å². The number of fused-ring (bicyclic) bond motifs is 1. The molecule has 2 rings (SSSR count). The molecule has 0 spiro atoms. The van der Waals surface area contributed by atoms with Crippen molar-refractivity contribution < 1.29 is 0 Å². The van der Waals surface area contributed by atoms with Gasteiger partial charge in [-0.25, -0.2) is 0 Å². The van der Waals surface area contributed by atoms with Gasteiger partial charge in [0.05, 0.1) is 0 Å². The summed E-state index contributed by atoms with van der Waals surface area (Å²) in [5.41, 5.74) is 2.97. The van der Waals surface area contributed by atoms with Gasteiger partial charge in [0.15, 0.2) is 0 Å². The summed E-state index contributed by atoms with van der Waals surface area (Å²) in [6, 6.07) is 0. The summed E-state index contributed by atoms with van der Waals surface area (Å²) in [5, 5.41) is 0.884. The smallest absolute Gasteiger partial charge is 0.0375 e. The van der Waals surface area contributed by atoms with E-state index in [-0.39, 0.29) is 5.41 Å². The average Bonchev–Trinajstić information content (AvgIpc) is 2.17. The molecule has 2 aliphatic rings. The molecule has 0 aromatic rings. The standard InChI is InChI=1S/C15H19Cl/c1-10-6-5-7-12-13(10)8-11(16)9-14(12)15(2,3)4/h5-10,13H,1-4H3. The lowest BCUT2D eigenvalue weighted by Gasteiger charge is -2.35. The van der Waals surface area contributed by atoms with Gasteiger partial charge in [-0.2, -0.15) is 0 Å². The van der Waals surface area contributed by atoms with Crippen LogP contribution in [0.15, 0.2) is 46.6 Å². The molecule has 0 saturated carbocycles. The van der Waals surface area contributed by atoms with Crippen LogP contribution in [-0.2, 0) is 0 Å². The van der Waals surface area contributed by atoms with Crippen LogP contribution in [0.1, 0.15) is 27.7 Å². The molecule has 0 amide bonds. The summed E-state index contributed by atoms with van der Waals surface area (Å²) in [6.07, 6.45) is 11.0. The quantitative estimate of drug-likeness (QED) is 0.563. The van der Waals surface area contributed by atoms with E-state index in [0.717, 1.165) is 5.03 Å². The number of halogens is 1. The Morgan fingerprint density at radius 1 is 1.25 bits per heavy atom. The van der Waals surface area contributed by atoms with E-state index in [9.17, 15) is 0 Å². The van der Waals surface area contributed by atoms with Crippen LogP contribution < -0.4 is 0 Å². The summed E-state index contributed by atoms with van der Waals surface area (Å²) >= 11 is 6.24. The summed E-state index contributed by atoms with van der Waals surface area (Å²) in [6.45, 7) is 8.99. The van der Waals surface area contributed by atoms with Crippen LogP contribution in [0.4, 0.5) is 0 Å². The minimum Gasteiger partial charge on any atom is -0.0847 e. The van der Waals surface area contributed by atoms with Crippen molar-refractivity contribution in [3.05, 3.63) is 46.6 Å². The lowest BCUT2D eigenvalue weighted by atomic mass is 9.70. The Bertz CT molecular complexity index is 413. The Morgan fingerprint density at radius 3 is 2.56 bits per heavy atom. The zero-order chi connectivity index (χ0) is 11.9. The first-order chi connectivity index (χ1) is 7.39. The first kappa shape index (κ1) is 11.7. The second-order valence-electron chi connectivity index (χ2n) is 5.75. The van der Waals surface area contributed by atoms with Crippen molar-refractivity contribution in [2.45, 2.75) is 27.7 Å². The molecule has 0 aromatic carbocycles. The Morgan fingerprint density at radius 2 is 1.94 bits per heavy atom. The second kappa shape index (κ2) is 3.92. The van der Waals surface area contributed by atoms with Gasteiger partial charge in [0.25, 0.3) is 0 Å². The molecule has 16 heavy (non-hydrogen) atoms. The van der Waals surface area contributed by atoms with Crippen molar-refractivity contribution in [1.82, 2.24) is 0 Å². The molecular weight excluding hydrogens is 216 g/mol. The highest BCUT2D eigenvalue weighted by atomic mass is 35.5. The summed E-state index contributed by atoms with van der Waals surface area (Å²) in [5.74, 6) is 0.997. The number of allylic oxidation sites excluding steroid dienone is 8. The van der Waals surface area contributed by atoms with Crippen molar-refractivity contribution in [3.8, 4) is 0 Å². The van der Waals surface area contributed by atoms with E-state index >= 15 is 0 Å². The van der Waals surface area contributed by atoms with E-state index in [1.807, 2.05) is 0 Å². The maximum Gasteiger partial charge on any atom is 0.0375 e. The predicted molar refractivity (Wildman–Crippen MR) is 71.4 cm³/mol. The molecule has 0 fully saturated rings. The molecule has 2 aliphatic carbocycles. The second-order valence-corrected chi connectivity index (χ2v) is 6.19. The molecule has 86 valence electrons. The highest BCUT2D eigenvalue weighted by Gasteiger charge is 2.31. The van der Waals surface area contributed by atoms with Gasteiger partial charge in [0, 0.05) is 11.0 Å². The van der Waals surface area contributed by atoms with Crippen LogP contribution >= 0.6 is 11.6 Å². The van der Waals surface area contributed by atoms with Gasteiger partial charge < -0.3 is 0 Å². The molecular formula is C15H19Cl. The van der Waals surface area contributed by atoms with Gasteiger partial charge in [-0.15, -0.1) is 0 Å². The highest BCUT2D eigenvalue weighted by molar-refractivity contribution is 6.31. The van der Waals surface area contributed by atoms with Crippen LogP contribution in [0.2, 0.25) is 0 Å². The monoisotopic (exact) mass is 234 g/mol. The topological polar surface area (TPSA) is 0 Å². The van der Waals surface area contributed by atoms with Crippen molar-refractivity contribution in [3.63, 3.8) is 0 Å². The van der Waals surface area contributed by atoms with Gasteiger partial charge in [-0.1, -0.05) is 63.6 Å². The molecule has 0 aliphatic heterocycles. The summed E-state index contributed by atoms with van der Waals surface area (Å²) in [4.78, 5) is 0. The van der Waals surface area contributed by atoms with E-state index in [1.54, 1.807) is 0 Å². The third-order valence-corrected chi connectivity index (χ3v) is 3.59. The third kappa shape index (κ3) is 2.04. The fourth-order valence-corrected chi connectivity index (χ4v) is 2.69. The van der Waals surface area contributed by atoms with Crippen molar-refractivity contribution in [2.24, 2.45) is 17.3 Å². The Labute approximate surface area is 103 Å². The fraction of sp³-hybridized carbons (Fsp3) is 0.467. The Hall–Kier alpha value is -0.750. The SMILES string of the molecule is CC1C=CC=C2C(C(C)(C)C)=CC(Cl)=CC21. The number of hydrogen-bond donors (Lipinski definition) is 0. The van der Waals surface area contributed by atoms with Crippen LogP contribution in [-0.4, -0.2) is 0 Å². The van der Waals surface area contributed by atoms with Gasteiger partial charge >= 0.3 is 0 Å². The van der Waals surface area contributed by atoms with Gasteiger partial charge in [0.1, 0.15) is 0 Å². The molecule has 0 radical (unpaired) electrons. The zero-order valence-corrected chi connectivity index (χ0v) is 11.2. The largest absolute Gasteiger partial charge is 0.0847 e. The normalized spacial score (nSPS) is 29.2. The maximum atomic E-state index is 6.24. The lowest BCUT2D eigenvalue weighted by Crippen LogP contribution is -2.23. The third-order valence-electron chi connectivity index (χ3n) is 3.36. The van der Waals surface area contributed by atoms with Crippen molar-refractivity contribution in [2.75, 3.05) is 0 Å². The molecule has 0 N–H and O–H groups in total. The summed E-state index contributed by atoms with van der Waals surface area (Å²) < 4.78 is 0. The first-order valence-corrected chi connectivity index (χ1v) is 6.25. The van der Waals surface area contributed by atoms with Crippen LogP contribution in [0.5, 0.6) is 0 Å². The minimum atomic E-state index is 0.156. The van der Waals surface area contributed by atoms with Crippen LogP contribution in [0, 0.1) is 17.3 Å². The van der Waals surface area contributed by atoms with Gasteiger partial charge in [0.2, 0.25) is 0 Å². The van der Waals surface area contributed by atoms with E-state index in [1.165, 1.54) is 11.1 Å². The molecule has 0 bridgehead atoms. The Kier molecular flexibility index (Phi) is 2.88. The fourth-order valence-electron chi connectivity index (χ4n) is 2.45. The highest BCUT2D eigenvalue weighted by Crippen LogP contribution is 2.44. The molecule has 0 aromatic heterocycles. The average molecular weight is 235 g/mol. The molecule has 2 unspecified atom stereocenters. The van der Waals surface area contributed by atoms with E-state index in [4.69, 9.17) is 11.6 Å². The first-order valence-electron chi connectivity index (χ1n) is 5.88. The molecule has 2 atom stereocenters. The molecule has 1 heteroatoms. The predicted octanol–water partition coefficient (Wildman–Crippen LogP) is 4.84. The Balaban J connectivity index is 2.49. The van der Waals surface area contributed by atoms with Crippen LogP contribution in [0.25, 0.3) is 0 Å². The van der Waals surface area contributed by atoms with E-state index in [0.29, 0.717) is 11.8 Å². The molecule has 0 nitrogen and oxygen atoms in total. The van der Waals surface area contributed by atoms with Crippen molar-refractivity contribution >= 4 is 11.6 Å². The number of rotatable bonds is 0. The minimum absolute atomic E-state index is 0.156. The zero-order valence-electron chi connectivity index (χ0n) is 10.4. The van der Waals surface area contributed by atoms with Crippen molar-refractivity contribution in [1.29, 1.82) is 0 Å². The van der Waals surface area contributed by atoms with E-state index < -0.39 is 0 Å². The maximum absolute atomic E-state index is 6.24. The van der Waals surface area contributed by atoms with Crippen LogP contribution in [0.3, 0.4) is 0 Å². The lowest BCUT2D eigenvalue weighted by molar-refractivity contribution is 0.476. The molecule has 0 saturated heterocycles. The van der Waals surface area contributed by atoms with E-state index in [2.05, 4.69) is 58.1 Å². The summed E-state index contributed by atoms with van der Waals surface area (Å²) in [7, 11) is 0. The number of hydrogen-bond acceptors (Lipinski definition) is 0. The molecule has 0 heterocycles.